The van der Waals surface area contributed by atoms with Gasteiger partial charge in [-0.15, -0.1) is 0 Å². The minimum absolute atomic E-state index is 0.118. The average Bonchev–Trinajstić information content (AvgIpc) is 3.29. The molecule has 0 atom stereocenters. The summed E-state index contributed by atoms with van der Waals surface area (Å²) in [6, 6.07) is 73.8. The third-order valence-electron chi connectivity index (χ3n) is 13.2. The predicted octanol–water partition coefficient (Wildman–Crippen LogP) is 16.9. The van der Waals surface area contributed by atoms with Crippen molar-refractivity contribution in [2.45, 2.75) is 58.3 Å². The Morgan fingerprint density at radius 2 is 0.787 bits per heavy atom. The summed E-state index contributed by atoms with van der Waals surface area (Å²) in [5, 5.41) is 4.95. The lowest BCUT2D eigenvalue weighted by molar-refractivity contribution is 0.332. The van der Waals surface area contributed by atoms with Gasteiger partial charge >= 0.3 is 0 Å². The first-order valence-corrected chi connectivity index (χ1v) is 21.7. The van der Waals surface area contributed by atoms with Crippen molar-refractivity contribution in [3.63, 3.8) is 0 Å². The molecule has 0 aromatic heterocycles. The van der Waals surface area contributed by atoms with Crippen molar-refractivity contribution in [3.05, 3.63) is 217 Å². The molecule has 0 heterocycles. The number of aryl methyl sites for hydroxylation is 1. The zero-order valence-corrected chi connectivity index (χ0v) is 35.9. The van der Waals surface area contributed by atoms with E-state index in [4.69, 9.17) is 0 Å². The molecule has 1 aliphatic carbocycles. The fraction of sp³-hybridized carbons (Fsp3) is 0.153. The van der Waals surface area contributed by atoms with Crippen molar-refractivity contribution in [2.75, 3.05) is 9.80 Å². The van der Waals surface area contributed by atoms with Gasteiger partial charge in [-0.05, 0) is 147 Å². The number of nitrogens with zero attached hydrogens (tertiary/aromatic N) is 2. The molecule has 0 saturated heterocycles. The molecule has 9 aromatic carbocycles. The molecular formula is C59H52N2. The average molecular weight is 789 g/mol. The minimum atomic E-state index is 0.118. The zero-order valence-electron chi connectivity index (χ0n) is 35.9. The highest BCUT2D eigenvalue weighted by atomic mass is 15.1. The highest BCUT2D eigenvalue weighted by Gasteiger charge is 2.37. The maximum atomic E-state index is 2.47. The SMILES string of the molecule is Cc1ccc(N(c2ccc(-c3ccc(-c4ccc(N(c5ccc6c(c5)C(C)(C)CCC6(C)C)c5ccc6ccccc6c5)cc4)cc3)cc2)c2cccc3ccccc23)cc1. The first kappa shape index (κ1) is 38.3. The van der Waals surface area contributed by atoms with Crippen LogP contribution in [0.25, 0.3) is 43.8 Å². The fourth-order valence-electron chi connectivity index (χ4n) is 9.46. The fourth-order valence-corrected chi connectivity index (χ4v) is 9.46. The van der Waals surface area contributed by atoms with E-state index in [9.17, 15) is 0 Å². The topological polar surface area (TPSA) is 6.48 Å². The molecule has 9 aromatic rings. The molecular weight excluding hydrogens is 737 g/mol. The lowest BCUT2D eigenvalue weighted by atomic mass is 9.63. The van der Waals surface area contributed by atoms with Crippen molar-refractivity contribution in [2.24, 2.45) is 0 Å². The number of rotatable bonds is 8. The van der Waals surface area contributed by atoms with Crippen LogP contribution < -0.4 is 9.80 Å². The summed E-state index contributed by atoms with van der Waals surface area (Å²) in [5.41, 5.74) is 16.2. The van der Waals surface area contributed by atoms with E-state index < -0.39 is 0 Å². The lowest BCUT2D eigenvalue weighted by Crippen LogP contribution is -2.34. The van der Waals surface area contributed by atoms with Gasteiger partial charge in [-0.1, -0.05) is 167 Å². The van der Waals surface area contributed by atoms with Crippen LogP contribution in [-0.2, 0) is 10.8 Å². The van der Waals surface area contributed by atoms with Crippen LogP contribution in [0.4, 0.5) is 34.1 Å². The van der Waals surface area contributed by atoms with Gasteiger partial charge in [-0.3, -0.25) is 0 Å². The largest absolute Gasteiger partial charge is 0.310 e. The van der Waals surface area contributed by atoms with Crippen LogP contribution in [-0.4, -0.2) is 0 Å². The molecule has 0 amide bonds. The summed E-state index contributed by atoms with van der Waals surface area (Å²) in [6.07, 6.45) is 2.39. The van der Waals surface area contributed by atoms with Crippen LogP contribution >= 0.6 is 0 Å². The lowest BCUT2D eigenvalue weighted by Gasteiger charge is -2.42. The summed E-state index contributed by atoms with van der Waals surface area (Å²) in [6.45, 7) is 11.8. The van der Waals surface area contributed by atoms with E-state index in [1.54, 1.807) is 0 Å². The van der Waals surface area contributed by atoms with E-state index in [-0.39, 0.29) is 10.8 Å². The van der Waals surface area contributed by atoms with E-state index >= 15 is 0 Å². The normalized spacial score (nSPS) is 14.1. The van der Waals surface area contributed by atoms with Crippen molar-refractivity contribution < 1.29 is 0 Å². The van der Waals surface area contributed by atoms with E-state index in [1.807, 2.05) is 0 Å². The predicted molar refractivity (Wildman–Crippen MR) is 262 cm³/mol. The first-order valence-electron chi connectivity index (χ1n) is 21.7. The standard InChI is InChI=1S/C59H52N2/c1-41-17-28-50(29-18-41)61(57-16-10-14-47-12-8-9-15-54(47)57)51-32-25-46(26-33-51)44-21-19-43(20-22-44)45-23-30-49(31-24-45)60(52-34-27-42-11-6-7-13-48(42)39-52)53-35-36-55-56(40-53)59(4,5)38-37-58(55,2)3/h6-36,39-40H,37-38H2,1-5H3. The van der Waals surface area contributed by atoms with Crippen LogP contribution in [0, 0.1) is 6.92 Å². The van der Waals surface area contributed by atoms with E-state index in [1.165, 1.54) is 84.7 Å². The Bertz CT molecular complexity index is 3000. The summed E-state index contributed by atoms with van der Waals surface area (Å²) in [5.74, 6) is 0. The summed E-state index contributed by atoms with van der Waals surface area (Å²) >= 11 is 0. The van der Waals surface area contributed by atoms with Gasteiger partial charge < -0.3 is 9.80 Å². The van der Waals surface area contributed by atoms with Crippen molar-refractivity contribution >= 4 is 55.7 Å². The second kappa shape index (κ2) is 15.3. The third kappa shape index (κ3) is 7.27. The zero-order chi connectivity index (χ0) is 41.7. The maximum absolute atomic E-state index is 2.47. The van der Waals surface area contributed by atoms with Crippen LogP contribution in [0.15, 0.2) is 200 Å². The van der Waals surface area contributed by atoms with Gasteiger partial charge in [0.1, 0.15) is 0 Å². The van der Waals surface area contributed by atoms with E-state index in [0.29, 0.717) is 0 Å². The molecule has 61 heavy (non-hydrogen) atoms. The van der Waals surface area contributed by atoms with Gasteiger partial charge in [-0.2, -0.15) is 0 Å². The second-order valence-electron chi connectivity index (χ2n) is 18.2. The van der Waals surface area contributed by atoms with Crippen molar-refractivity contribution in [1.29, 1.82) is 0 Å². The molecule has 10 rings (SSSR count). The molecule has 2 heteroatoms. The Morgan fingerprint density at radius 3 is 1.41 bits per heavy atom. The molecule has 0 spiro atoms. The number of anilines is 6. The second-order valence-corrected chi connectivity index (χ2v) is 18.2. The van der Waals surface area contributed by atoms with Crippen molar-refractivity contribution in [1.82, 2.24) is 0 Å². The van der Waals surface area contributed by atoms with Gasteiger partial charge in [-0.25, -0.2) is 0 Å². The Hall–Kier alpha value is -6.90. The maximum Gasteiger partial charge on any atom is 0.0540 e. The Kier molecular flexibility index (Phi) is 9.60. The first-order chi connectivity index (χ1) is 29.6. The molecule has 0 aliphatic heterocycles. The Labute approximate surface area is 361 Å². The Morgan fingerprint density at radius 1 is 0.344 bits per heavy atom. The monoisotopic (exact) mass is 788 g/mol. The molecule has 0 unspecified atom stereocenters. The Balaban J connectivity index is 0.953. The van der Waals surface area contributed by atoms with Crippen LogP contribution in [0.1, 0.15) is 57.2 Å². The molecule has 2 nitrogen and oxygen atoms in total. The van der Waals surface area contributed by atoms with Gasteiger partial charge in [0.15, 0.2) is 0 Å². The van der Waals surface area contributed by atoms with Gasteiger partial charge in [0.2, 0.25) is 0 Å². The third-order valence-corrected chi connectivity index (χ3v) is 13.2. The van der Waals surface area contributed by atoms with Gasteiger partial charge in [0.05, 0.1) is 5.69 Å². The number of benzene rings is 9. The van der Waals surface area contributed by atoms with Crippen LogP contribution in [0.2, 0.25) is 0 Å². The smallest absolute Gasteiger partial charge is 0.0540 e. The number of hydrogen-bond donors (Lipinski definition) is 0. The molecule has 0 N–H and O–H groups in total. The summed E-state index contributed by atoms with van der Waals surface area (Å²) < 4.78 is 0. The minimum Gasteiger partial charge on any atom is -0.310 e. The molecule has 0 bridgehead atoms. The molecule has 1 aliphatic rings. The quantitative estimate of drug-likeness (QED) is 0.151. The highest BCUT2D eigenvalue weighted by molar-refractivity contribution is 5.99. The molecule has 0 saturated carbocycles. The molecule has 298 valence electrons. The van der Waals surface area contributed by atoms with Gasteiger partial charge in [0, 0.05) is 33.8 Å². The van der Waals surface area contributed by atoms with Gasteiger partial charge in [0.25, 0.3) is 0 Å². The van der Waals surface area contributed by atoms with Crippen LogP contribution in [0.5, 0.6) is 0 Å². The van der Waals surface area contributed by atoms with E-state index in [0.717, 1.165) is 22.7 Å². The highest BCUT2D eigenvalue weighted by Crippen LogP contribution is 2.48. The van der Waals surface area contributed by atoms with Crippen LogP contribution in [0.3, 0.4) is 0 Å². The molecule has 0 radical (unpaired) electrons. The van der Waals surface area contributed by atoms with Crippen molar-refractivity contribution in [3.8, 4) is 22.3 Å². The van der Waals surface area contributed by atoms with E-state index in [2.05, 4.69) is 245 Å². The molecule has 0 fully saturated rings. The summed E-state index contributed by atoms with van der Waals surface area (Å²) in [7, 11) is 0. The summed E-state index contributed by atoms with van der Waals surface area (Å²) in [4.78, 5) is 4.80. The number of fused-ring (bicyclic) bond motifs is 3. The number of hydrogen-bond acceptors (Lipinski definition) is 2.